The molecule has 17 heavy (non-hydrogen) atoms. The van der Waals surface area contributed by atoms with E-state index in [0.717, 1.165) is 46.8 Å². The summed E-state index contributed by atoms with van der Waals surface area (Å²) in [6.07, 6.45) is 6.15. The molecule has 3 aliphatic rings. The largest absolute Gasteiger partial charge is 0.0625 e. The van der Waals surface area contributed by atoms with Gasteiger partial charge < -0.3 is 0 Å². The van der Waals surface area contributed by atoms with Gasteiger partial charge in [0.05, 0.1) is 0 Å². The van der Waals surface area contributed by atoms with Gasteiger partial charge in [-0.25, -0.2) is 0 Å². The Hall–Kier alpha value is 0. The molecule has 0 nitrogen and oxygen atoms in total. The van der Waals surface area contributed by atoms with Crippen LogP contribution in [0.3, 0.4) is 0 Å². The van der Waals surface area contributed by atoms with Crippen molar-refractivity contribution < 1.29 is 0 Å². The van der Waals surface area contributed by atoms with Gasteiger partial charge >= 0.3 is 0 Å². The van der Waals surface area contributed by atoms with Crippen molar-refractivity contribution in [1.82, 2.24) is 0 Å². The fourth-order valence-electron chi connectivity index (χ4n) is 5.06. The highest BCUT2D eigenvalue weighted by Gasteiger charge is 2.70. The van der Waals surface area contributed by atoms with E-state index < -0.39 is 0 Å². The zero-order valence-corrected chi connectivity index (χ0v) is 12.4. The SMILES string of the molecule is CC(C)C(C(C)CC1CC1C)C1CC12CC2C. The summed E-state index contributed by atoms with van der Waals surface area (Å²) in [4.78, 5) is 0. The van der Waals surface area contributed by atoms with E-state index in [2.05, 4.69) is 34.6 Å². The number of hydrogen-bond acceptors (Lipinski definition) is 0. The average molecular weight is 234 g/mol. The molecule has 0 aliphatic heterocycles. The second-order valence-corrected chi connectivity index (χ2v) is 8.16. The fourth-order valence-corrected chi connectivity index (χ4v) is 5.06. The van der Waals surface area contributed by atoms with Gasteiger partial charge in [-0.1, -0.05) is 34.6 Å². The van der Waals surface area contributed by atoms with Crippen LogP contribution >= 0.6 is 0 Å². The number of rotatable bonds is 5. The first-order valence-corrected chi connectivity index (χ1v) is 7.95. The quantitative estimate of drug-likeness (QED) is 0.629. The highest BCUT2D eigenvalue weighted by atomic mass is 14.7. The van der Waals surface area contributed by atoms with E-state index in [0.29, 0.717) is 0 Å². The molecule has 0 amide bonds. The minimum absolute atomic E-state index is 0.859. The van der Waals surface area contributed by atoms with Gasteiger partial charge in [0.15, 0.2) is 0 Å². The van der Waals surface area contributed by atoms with E-state index in [1.165, 1.54) is 12.8 Å². The zero-order chi connectivity index (χ0) is 12.4. The standard InChI is InChI=1S/C17H30/c1-10(2)16(12(4)7-14-6-11(14)3)15-9-17(15)8-13(17)5/h10-16H,6-9H2,1-5H3. The summed E-state index contributed by atoms with van der Waals surface area (Å²) in [5.74, 6) is 7.17. The van der Waals surface area contributed by atoms with Gasteiger partial charge in [0.1, 0.15) is 0 Å². The minimum atomic E-state index is 0.859. The van der Waals surface area contributed by atoms with E-state index in [1.54, 1.807) is 12.8 Å². The van der Waals surface area contributed by atoms with Crippen LogP contribution in [0.25, 0.3) is 0 Å². The second-order valence-electron chi connectivity index (χ2n) is 8.16. The van der Waals surface area contributed by atoms with Gasteiger partial charge in [0.2, 0.25) is 0 Å². The third-order valence-corrected chi connectivity index (χ3v) is 6.53. The predicted octanol–water partition coefficient (Wildman–Crippen LogP) is 4.99. The van der Waals surface area contributed by atoms with Crippen molar-refractivity contribution in [2.75, 3.05) is 0 Å². The molecule has 98 valence electrons. The van der Waals surface area contributed by atoms with Crippen LogP contribution < -0.4 is 0 Å². The third-order valence-electron chi connectivity index (χ3n) is 6.53. The average Bonchev–Trinajstić information content (AvgIpc) is 3.11. The van der Waals surface area contributed by atoms with Crippen molar-refractivity contribution >= 4 is 0 Å². The second kappa shape index (κ2) is 3.75. The molecule has 3 fully saturated rings. The molecular formula is C17H30. The van der Waals surface area contributed by atoms with Crippen molar-refractivity contribution in [3.05, 3.63) is 0 Å². The Bertz CT molecular complexity index is 305. The lowest BCUT2D eigenvalue weighted by molar-refractivity contribution is 0.203. The Morgan fingerprint density at radius 2 is 1.71 bits per heavy atom. The van der Waals surface area contributed by atoms with Crippen LogP contribution in [-0.2, 0) is 0 Å². The Kier molecular flexibility index (Phi) is 2.66. The van der Waals surface area contributed by atoms with Crippen LogP contribution in [0.1, 0.15) is 60.3 Å². The molecule has 0 bridgehead atoms. The van der Waals surface area contributed by atoms with E-state index in [4.69, 9.17) is 0 Å². The smallest absolute Gasteiger partial charge is 0.0235 e. The molecule has 0 heterocycles. The molecule has 0 aromatic rings. The van der Waals surface area contributed by atoms with E-state index in [-0.39, 0.29) is 0 Å². The molecule has 0 radical (unpaired) electrons. The third kappa shape index (κ3) is 1.96. The molecular weight excluding hydrogens is 204 g/mol. The van der Waals surface area contributed by atoms with Crippen molar-refractivity contribution in [3.8, 4) is 0 Å². The van der Waals surface area contributed by atoms with Gasteiger partial charge in [0.25, 0.3) is 0 Å². The monoisotopic (exact) mass is 234 g/mol. The summed E-state index contributed by atoms with van der Waals surface area (Å²) in [6.45, 7) is 12.4. The van der Waals surface area contributed by atoms with E-state index in [9.17, 15) is 0 Å². The Morgan fingerprint density at radius 1 is 1.12 bits per heavy atom. The zero-order valence-electron chi connectivity index (χ0n) is 12.4. The molecule has 0 N–H and O–H groups in total. The Labute approximate surface area is 108 Å². The minimum Gasteiger partial charge on any atom is -0.0625 e. The van der Waals surface area contributed by atoms with Crippen molar-refractivity contribution in [2.45, 2.75) is 60.3 Å². The molecule has 0 aromatic heterocycles. The van der Waals surface area contributed by atoms with Crippen LogP contribution in [0.5, 0.6) is 0 Å². The molecule has 0 aromatic carbocycles. The van der Waals surface area contributed by atoms with Crippen molar-refractivity contribution in [3.63, 3.8) is 0 Å². The summed E-state index contributed by atoms with van der Waals surface area (Å²) in [7, 11) is 0. The van der Waals surface area contributed by atoms with Gasteiger partial charge in [-0.3, -0.25) is 0 Å². The van der Waals surface area contributed by atoms with Gasteiger partial charge in [-0.05, 0) is 72.5 Å². The molecule has 0 heteroatoms. The highest BCUT2D eigenvalue weighted by molar-refractivity contribution is 5.18. The van der Waals surface area contributed by atoms with Crippen LogP contribution in [0, 0.1) is 46.8 Å². The predicted molar refractivity (Wildman–Crippen MR) is 73.7 cm³/mol. The molecule has 7 unspecified atom stereocenters. The summed E-state index contributed by atoms with van der Waals surface area (Å²) >= 11 is 0. The molecule has 3 saturated carbocycles. The number of hydrogen-bond donors (Lipinski definition) is 0. The Balaban J connectivity index is 1.60. The Morgan fingerprint density at radius 3 is 2.06 bits per heavy atom. The maximum atomic E-state index is 2.55. The first-order valence-electron chi connectivity index (χ1n) is 7.95. The van der Waals surface area contributed by atoms with Gasteiger partial charge in [0, 0.05) is 0 Å². The molecule has 7 atom stereocenters. The van der Waals surface area contributed by atoms with E-state index in [1.807, 2.05) is 0 Å². The molecule has 3 aliphatic carbocycles. The summed E-state index contributed by atoms with van der Waals surface area (Å²) in [5, 5.41) is 0. The summed E-state index contributed by atoms with van der Waals surface area (Å²) < 4.78 is 0. The maximum Gasteiger partial charge on any atom is -0.0235 e. The first kappa shape index (κ1) is 12.1. The summed E-state index contributed by atoms with van der Waals surface area (Å²) in [5.41, 5.74) is 0.859. The topological polar surface area (TPSA) is 0 Å². The first-order chi connectivity index (χ1) is 7.95. The van der Waals surface area contributed by atoms with Crippen molar-refractivity contribution in [2.24, 2.45) is 46.8 Å². The van der Waals surface area contributed by atoms with Crippen LogP contribution in [0.4, 0.5) is 0 Å². The normalized spacial score (nSPS) is 50.5. The van der Waals surface area contributed by atoms with Gasteiger partial charge in [-0.2, -0.15) is 0 Å². The maximum absolute atomic E-state index is 2.55. The highest BCUT2D eigenvalue weighted by Crippen LogP contribution is 2.77. The van der Waals surface area contributed by atoms with E-state index >= 15 is 0 Å². The van der Waals surface area contributed by atoms with Crippen molar-refractivity contribution in [1.29, 1.82) is 0 Å². The molecule has 3 rings (SSSR count). The summed E-state index contributed by atoms with van der Waals surface area (Å²) in [6, 6.07) is 0. The lowest BCUT2D eigenvalue weighted by Gasteiger charge is -2.28. The fraction of sp³-hybridized carbons (Fsp3) is 1.00. The van der Waals surface area contributed by atoms with Crippen LogP contribution in [0.2, 0.25) is 0 Å². The van der Waals surface area contributed by atoms with Crippen LogP contribution in [0.15, 0.2) is 0 Å². The molecule has 1 spiro atoms. The van der Waals surface area contributed by atoms with Crippen LogP contribution in [-0.4, -0.2) is 0 Å². The van der Waals surface area contributed by atoms with Gasteiger partial charge in [-0.15, -0.1) is 0 Å². The molecule has 0 saturated heterocycles. The lowest BCUT2D eigenvalue weighted by Crippen LogP contribution is -2.22. The lowest BCUT2D eigenvalue weighted by atomic mass is 9.77.